The van der Waals surface area contributed by atoms with E-state index in [2.05, 4.69) is 5.32 Å². The Kier molecular flexibility index (Phi) is 5.90. The first-order valence-corrected chi connectivity index (χ1v) is 9.12. The maximum atomic E-state index is 12.4. The van der Waals surface area contributed by atoms with Crippen LogP contribution in [-0.2, 0) is 6.54 Å². The van der Waals surface area contributed by atoms with Crippen LogP contribution >= 0.6 is 0 Å². The zero-order valence-corrected chi connectivity index (χ0v) is 15.3. The lowest BCUT2D eigenvalue weighted by Gasteiger charge is -2.16. The van der Waals surface area contributed by atoms with Crippen LogP contribution in [0.1, 0.15) is 35.7 Å². The number of hydrogen-bond acceptors (Lipinski definition) is 5. The van der Waals surface area contributed by atoms with Crippen molar-refractivity contribution >= 4 is 17.3 Å². The van der Waals surface area contributed by atoms with Crippen LogP contribution in [0.4, 0.5) is 11.4 Å². The van der Waals surface area contributed by atoms with E-state index in [4.69, 9.17) is 4.74 Å². The maximum absolute atomic E-state index is 12.4. The highest BCUT2D eigenvalue weighted by Gasteiger charge is 2.19. The number of nitrogens with zero attached hydrogens (tertiary/aromatic N) is 2. The fraction of sp³-hybridized carbons (Fsp3) is 0.350. The van der Waals surface area contributed by atoms with E-state index in [0.29, 0.717) is 30.0 Å². The molecule has 0 saturated carbocycles. The molecule has 0 unspecified atom stereocenters. The lowest BCUT2D eigenvalue weighted by molar-refractivity contribution is -0.384. The lowest BCUT2D eigenvalue weighted by atomic mass is 10.1. The van der Waals surface area contributed by atoms with Gasteiger partial charge >= 0.3 is 0 Å². The third-order valence-corrected chi connectivity index (χ3v) is 4.56. The minimum Gasteiger partial charge on any atom is -0.494 e. The van der Waals surface area contributed by atoms with Gasteiger partial charge in [-0.3, -0.25) is 14.9 Å². The van der Waals surface area contributed by atoms with E-state index < -0.39 is 4.92 Å². The number of nitrogens with one attached hydrogen (secondary N) is 1. The summed E-state index contributed by atoms with van der Waals surface area (Å²) in [5.74, 6) is 0.688. The van der Waals surface area contributed by atoms with Crippen molar-refractivity contribution in [3.63, 3.8) is 0 Å². The van der Waals surface area contributed by atoms with E-state index in [9.17, 15) is 14.9 Å². The third-order valence-electron chi connectivity index (χ3n) is 4.56. The minimum absolute atomic E-state index is 0.0295. The van der Waals surface area contributed by atoms with Crippen LogP contribution in [0.15, 0.2) is 42.5 Å². The largest absolute Gasteiger partial charge is 0.494 e. The molecule has 1 N–H and O–H groups in total. The van der Waals surface area contributed by atoms with Crippen molar-refractivity contribution in [1.82, 2.24) is 4.90 Å². The van der Waals surface area contributed by atoms with Crippen LogP contribution in [0, 0.1) is 10.1 Å². The fourth-order valence-corrected chi connectivity index (χ4v) is 3.14. The average molecular weight is 369 g/mol. The second-order valence-corrected chi connectivity index (χ2v) is 6.41. The molecule has 0 spiro atoms. The molecule has 2 aromatic carbocycles. The van der Waals surface area contributed by atoms with Crippen molar-refractivity contribution < 1.29 is 14.5 Å². The number of nitro groups is 1. The van der Waals surface area contributed by atoms with Gasteiger partial charge in [0.15, 0.2) is 0 Å². The van der Waals surface area contributed by atoms with Crippen molar-refractivity contribution in [2.24, 2.45) is 0 Å². The van der Waals surface area contributed by atoms with Crippen molar-refractivity contribution in [2.45, 2.75) is 26.3 Å². The number of rotatable bonds is 7. The van der Waals surface area contributed by atoms with E-state index in [1.165, 1.54) is 12.1 Å². The number of amides is 1. The summed E-state index contributed by atoms with van der Waals surface area (Å²) in [6, 6.07) is 11.9. The van der Waals surface area contributed by atoms with Gasteiger partial charge in [0.05, 0.1) is 11.5 Å². The average Bonchev–Trinajstić information content (AvgIpc) is 3.22. The Morgan fingerprint density at radius 3 is 2.52 bits per heavy atom. The zero-order valence-electron chi connectivity index (χ0n) is 15.3. The number of non-ortho nitro benzene ring substituents is 1. The van der Waals surface area contributed by atoms with E-state index in [-0.39, 0.29) is 11.6 Å². The van der Waals surface area contributed by atoms with Gasteiger partial charge in [-0.15, -0.1) is 0 Å². The highest BCUT2D eigenvalue weighted by Crippen LogP contribution is 2.25. The molecule has 3 rings (SSSR count). The SMILES string of the molecule is CCOc1ccc([N+](=O)[O-])cc1CNc1ccc(C(=O)N2CCCC2)cc1. The topological polar surface area (TPSA) is 84.7 Å². The molecule has 142 valence electrons. The van der Waals surface area contributed by atoms with Crippen LogP contribution in [-0.4, -0.2) is 35.4 Å². The quantitative estimate of drug-likeness (QED) is 0.592. The Hall–Kier alpha value is -3.09. The van der Waals surface area contributed by atoms with Gasteiger partial charge in [0, 0.05) is 48.6 Å². The number of carbonyl (C=O) groups excluding carboxylic acids is 1. The summed E-state index contributed by atoms with van der Waals surface area (Å²) in [5.41, 5.74) is 2.25. The molecule has 27 heavy (non-hydrogen) atoms. The highest BCUT2D eigenvalue weighted by molar-refractivity contribution is 5.94. The Labute approximate surface area is 158 Å². The van der Waals surface area contributed by atoms with Crippen LogP contribution < -0.4 is 10.1 Å². The Morgan fingerprint density at radius 1 is 1.19 bits per heavy atom. The minimum atomic E-state index is -0.419. The van der Waals surface area contributed by atoms with Crippen LogP contribution in [0.25, 0.3) is 0 Å². The standard InChI is InChI=1S/C20H23N3O4/c1-2-27-19-10-9-18(23(25)26)13-16(19)14-21-17-7-5-15(6-8-17)20(24)22-11-3-4-12-22/h5-10,13,21H,2-4,11-12,14H2,1H3. The van der Waals surface area contributed by atoms with Gasteiger partial charge in [0.2, 0.25) is 0 Å². The molecule has 7 nitrogen and oxygen atoms in total. The molecule has 1 fully saturated rings. The Morgan fingerprint density at radius 2 is 1.89 bits per heavy atom. The Bertz CT molecular complexity index is 814. The third kappa shape index (κ3) is 4.55. The summed E-state index contributed by atoms with van der Waals surface area (Å²) in [6.07, 6.45) is 2.13. The van der Waals surface area contributed by atoms with Gasteiger partial charge < -0.3 is 15.0 Å². The number of benzene rings is 2. The maximum Gasteiger partial charge on any atom is 0.270 e. The Balaban J connectivity index is 1.68. The summed E-state index contributed by atoms with van der Waals surface area (Å²) < 4.78 is 5.55. The van der Waals surface area contributed by atoms with Crippen molar-refractivity contribution in [3.8, 4) is 5.75 Å². The summed E-state index contributed by atoms with van der Waals surface area (Å²) >= 11 is 0. The predicted molar refractivity (Wildman–Crippen MR) is 103 cm³/mol. The second kappa shape index (κ2) is 8.53. The molecule has 1 amide bonds. The summed E-state index contributed by atoms with van der Waals surface area (Å²) in [6.45, 7) is 4.39. The number of carbonyl (C=O) groups is 1. The number of hydrogen-bond donors (Lipinski definition) is 1. The molecule has 0 radical (unpaired) electrons. The first-order chi connectivity index (χ1) is 13.1. The highest BCUT2D eigenvalue weighted by atomic mass is 16.6. The molecular weight excluding hydrogens is 346 g/mol. The fourth-order valence-electron chi connectivity index (χ4n) is 3.14. The van der Waals surface area contributed by atoms with Crippen LogP contribution in [0.3, 0.4) is 0 Å². The molecule has 2 aromatic rings. The molecule has 0 aromatic heterocycles. The van der Waals surface area contributed by atoms with Gasteiger partial charge in [-0.05, 0) is 50.1 Å². The van der Waals surface area contributed by atoms with E-state index >= 15 is 0 Å². The first kappa shape index (κ1) is 18.7. The molecule has 0 aliphatic carbocycles. The number of ether oxygens (including phenoxy) is 1. The van der Waals surface area contributed by atoms with Gasteiger partial charge in [-0.1, -0.05) is 0 Å². The number of likely N-dealkylation sites (tertiary alicyclic amines) is 1. The first-order valence-electron chi connectivity index (χ1n) is 9.12. The van der Waals surface area contributed by atoms with E-state index in [1.807, 2.05) is 24.0 Å². The van der Waals surface area contributed by atoms with E-state index in [0.717, 1.165) is 31.6 Å². The summed E-state index contributed by atoms with van der Waals surface area (Å²) in [4.78, 5) is 24.9. The smallest absolute Gasteiger partial charge is 0.270 e. The van der Waals surface area contributed by atoms with Gasteiger partial charge in [-0.25, -0.2) is 0 Å². The second-order valence-electron chi connectivity index (χ2n) is 6.41. The zero-order chi connectivity index (χ0) is 19.2. The molecule has 1 aliphatic rings. The van der Waals surface area contributed by atoms with Crippen molar-refractivity contribution in [1.29, 1.82) is 0 Å². The summed E-state index contributed by atoms with van der Waals surface area (Å²) in [7, 11) is 0. The number of nitro benzene ring substituents is 1. The lowest BCUT2D eigenvalue weighted by Crippen LogP contribution is -2.27. The molecule has 7 heteroatoms. The van der Waals surface area contributed by atoms with Gasteiger partial charge in [-0.2, -0.15) is 0 Å². The summed E-state index contributed by atoms with van der Waals surface area (Å²) in [5, 5.41) is 14.2. The number of anilines is 1. The van der Waals surface area contributed by atoms with Crippen LogP contribution in [0.5, 0.6) is 5.75 Å². The monoisotopic (exact) mass is 369 g/mol. The molecule has 1 heterocycles. The van der Waals surface area contributed by atoms with Gasteiger partial charge in [0.25, 0.3) is 11.6 Å². The molecule has 0 bridgehead atoms. The normalized spacial score (nSPS) is 13.4. The van der Waals surface area contributed by atoms with Crippen LogP contribution in [0.2, 0.25) is 0 Å². The van der Waals surface area contributed by atoms with Crippen molar-refractivity contribution in [3.05, 3.63) is 63.7 Å². The molecule has 0 atom stereocenters. The molecule has 1 aliphatic heterocycles. The molecule has 1 saturated heterocycles. The van der Waals surface area contributed by atoms with Crippen molar-refractivity contribution in [2.75, 3.05) is 25.0 Å². The van der Waals surface area contributed by atoms with Gasteiger partial charge in [0.1, 0.15) is 5.75 Å². The van der Waals surface area contributed by atoms with E-state index in [1.54, 1.807) is 18.2 Å². The predicted octanol–water partition coefficient (Wildman–Crippen LogP) is 3.84. The molecular formula is C20H23N3O4.